The van der Waals surface area contributed by atoms with Crippen LogP contribution in [0.4, 0.5) is 0 Å². The summed E-state index contributed by atoms with van der Waals surface area (Å²) in [5.74, 6) is -0.602. The van der Waals surface area contributed by atoms with Crippen LogP contribution < -0.4 is 0 Å². The van der Waals surface area contributed by atoms with Gasteiger partial charge in [-0.05, 0) is 14.1 Å². The van der Waals surface area contributed by atoms with Gasteiger partial charge in [-0.2, -0.15) is 0 Å². The zero-order valence-electron chi connectivity index (χ0n) is 8.29. The second-order valence-electron chi connectivity index (χ2n) is 3.39. The summed E-state index contributed by atoms with van der Waals surface area (Å²) in [6.45, 7) is -0.732. The predicted molar refractivity (Wildman–Crippen MR) is 48.7 cm³/mol. The third-order valence-electron chi connectivity index (χ3n) is 1.71. The first-order valence-corrected chi connectivity index (χ1v) is 4.22. The smallest absolute Gasteiger partial charge is 0.177 e. The number of Topliss-reactive ketones (excluding diaryl/α,β-unsaturated/α-hetero) is 1. The molecule has 0 fully saturated rings. The summed E-state index contributed by atoms with van der Waals surface area (Å²) in [6.07, 6.45) is -4.82. The Morgan fingerprint density at radius 3 is 2.14 bits per heavy atom. The van der Waals surface area contributed by atoms with Crippen molar-refractivity contribution < 1.29 is 25.2 Å². The molecular formula is C8H17NO5. The van der Waals surface area contributed by atoms with E-state index in [1.165, 1.54) is 4.90 Å². The number of ketones is 1. The van der Waals surface area contributed by atoms with Gasteiger partial charge in [0.1, 0.15) is 18.3 Å². The summed E-state index contributed by atoms with van der Waals surface area (Å²) >= 11 is 0. The van der Waals surface area contributed by atoms with Gasteiger partial charge in [0.25, 0.3) is 0 Å². The molecule has 0 aromatic heterocycles. The van der Waals surface area contributed by atoms with Gasteiger partial charge in [0.15, 0.2) is 5.78 Å². The maximum atomic E-state index is 11.2. The van der Waals surface area contributed by atoms with Crippen molar-refractivity contribution in [3.8, 4) is 0 Å². The summed E-state index contributed by atoms with van der Waals surface area (Å²) in [7, 11) is 3.28. The lowest BCUT2D eigenvalue weighted by Crippen LogP contribution is -2.46. The molecule has 0 radical (unpaired) electrons. The van der Waals surface area contributed by atoms with Crippen LogP contribution in [0.5, 0.6) is 0 Å². The molecule has 0 spiro atoms. The van der Waals surface area contributed by atoms with Crippen LogP contribution in [-0.4, -0.2) is 76.7 Å². The summed E-state index contributed by atoms with van der Waals surface area (Å²) in [4.78, 5) is 12.7. The third kappa shape index (κ3) is 4.12. The Hall–Kier alpha value is -0.530. The monoisotopic (exact) mass is 207 g/mol. The topological polar surface area (TPSA) is 101 Å². The van der Waals surface area contributed by atoms with E-state index in [1.807, 2.05) is 0 Å². The zero-order chi connectivity index (χ0) is 11.3. The maximum Gasteiger partial charge on any atom is 0.177 e. The van der Waals surface area contributed by atoms with Crippen LogP contribution in [0.1, 0.15) is 0 Å². The van der Waals surface area contributed by atoms with Crippen LogP contribution in [0.15, 0.2) is 0 Å². The summed E-state index contributed by atoms with van der Waals surface area (Å²) in [5, 5.41) is 35.8. The molecule has 3 atom stereocenters. The molecule has 84 valence electrons. The SMILES string of the molecule is CN(C)CC(=O)[C@@H](O)[C@H](O)[C@H](O)CO. The quantitative estimate of drug-likeness (QED) is 0.375. The molecule has 0 amide bonds. The van der Waals surface area contributed by atoms with Crippen molar-refractivity contribution in [1.82, 2.24) is 4.90 Å². The number of carbonyl (C=O) groups excluding carboxylic acids is 1. The first-order chi connectivity index (χ1) is 6.40. The van der Waals surface area contributed by atoms with Crippen molar-refractivity contribution in [1.29, 1.82) is 0 Å². The van der Waals surface area contributed by atoms with Gasteiger partial charge in [0.05, 0.1) is 13.2 Å². The van der Waals surface area contributed by atoms with Crippen LogP contribution in [-0.2, 0) is 4.79 Å². The maximum absolute atomic E-state index is 11.2. The first-order valence-electron chi connectivity index (χ1n) is 4.22. The highest BCUT2D eigenvalue weighted by Crippen LogP contribution is 2.01. The minimum atomic E-state index is -1.67. The van der Waals surface area contributed by atoms with E-state index in [1.54, 1.807) is 14.1 Å². The van der Waals surface area contributed by atoms with Gasteiger partial charge in [-0.15, -0.1) is 0 Å². The van der Waals surface area contributed by atoms with Gasteiger partial charge in [0, 0.05) is 0 Å². The fourth-order valence-electron chi connectivity index (χ4n) is 0.914. The molecule has 6 nitrogen and oxygen atoms in total. The number of hydrogen-bond acceptors (Lipinski definition) is 6. The normalized spacial score (nSPS) is 17.9. The molecule has 4 N–H and O–H groups in total. The van der Waals surface area contributed by atoms with Crippen molar-refractivity contribution in [2.75, 3.05) is 27.2 Å². The first kappa shape index (κ1) is 13.5. The summed E-state index contributed by atoms with van der Waals surface area (Å²) in [5.41, 5.74) is 0. The fraction of sp³-hybridized carbons (Fsp3) is 0.875. The predicted octanol–water partition coefficient (Wildman–Crippen LogP) is -2.81. The number of hydrogen-bond donors (Lipinski definition) is 4. The van der Waals surface area contributed by atoms with Gasteiger partial charge in [-0.3, -0.25) is 4.79 Å². The number of nitrogens with zero attached hydrogens (tertiary/aromatic N) is 1. The van der Waals surface area contributed by atoms with Crippen LogP contribution >= 0.6 is 0 Å². The van der Waals surface area contributed by atoms with Crippen molar-refractivity contribution in [3.63, 3.8) is 0 Å². The standard InChI is InChI=1S/C8H17NO5/c1-9(2)3-5(11)7(13)8(14)6(12)4-10/h6-8,10,12-14H,3-4H2,1-2H3/t6-,7-,8-/m1/s1. The van der Waals surface area contributed by atoms with Gasteiger partial charge in [-0.25, -0.2) is 0 Å². The molecule has 0 saturated carbocycles. The Kier molecular flexibility index (Phi) is 5.82. The largest absolute Gasteiger partial charge is 0.394 e. The second-order valence-corrected chi connectivity index (χ2v) is 3.39. The fourth-order valence-corrected chi connectivity index (χ4v) is 0.914. The minimum absolute atomic E-state index is 0.0314. The lowest BCUT2D eigenvalue weighted by Gasteiger charge is -2.21. The Morgan fingerprint density at radius 1 is 1.29 bits per heavy atom. The number of carbonyl (C=O) groups is 1. The highest BCUT2D eigenvalue weighted by molar-refractivity contribution is 5.85. The van der Waals surface area contributed by atoms with E-state index >= 15 is 0 Å². The molecular weight excluding hydrogens is 190 g/mol. The highest BCUT2D eigenvalue weighted by atomic mass is 16.4. The molecule has 0 aromatic rings. The number of aliphatic hydroxyl groups excluding tert-OH is 4. The van der Waals surface area contributed by atoms with E-state index < -0.39 is 30.7 Å². The highest BCUT2D eigenvalue weighted by Gasteiger charge is 2.29. The van der Waals surface area contributed by atoms with Gasteiger partial charge in [0.2, 0.25) is 0 Å². The second kappa shape index (κ2) is 6.05. The average Bonchev–Trinajstić information content (AvgIpc) is 2.13. The Labute approximate surface area is 82.4 Å². The summed E-state index contributed by atoms with van der Waals surface area (Å²) in [6, 6.07) is 0. The van der Waals surface area contributed by atoms with E-state index in [0.29, 0.717) is 0 Å². The number of rotatable bonds is 6. The van der Waals surface area contributed by atoms with Crippen molar-refractivity contribution in [3.05, 3.63) is 0 Å². The van der Waals surface area contributed by atoms with Crippen molar-refractivity contribution >= 4 is 5.78 Å². The lowest BCUT2D eigenvalue weighted by molar-refractivity contribution is -0.140. The Balaban J connectivity index is 4.16. The molecule has 0 aliphatic carbocycles. The zero-order valence-corrected chi connectivity index (χ0v) is 8.29. The van der Waals surface area contributed by atoms with Crippen LogP contribution in [0.3, 0.4) is 0 Å². The van der Waals surface area contributed by atoms with Crippen LogP contribution in [0.25, 0.3) is 0 Å². The molecule has 0 saturated heterocycles. The molecule has 0 heterocycles. The molecule has 0 rings (SSSR count). The molecule has 6 heteroatoms. The van der Waals surface area contributed by atoms with Gasteiger partial charge < -0.3 is 25.3 Å². The third-order valence-corrected chi connectivity index (χ3v) is 1.71. The summed E-state index contributed by atoms with van der Waals surface area (Å²) < 4.78 is 0. The molecule has 14 heavy (non-hydrogen) atoms. The minimum Gasteiger partial charge on any atom is -0.394 e. The Morgan fingerprint density at radius 2 is 1.79 bits per heavy atom. The molecule has 0 aliphatic heterocycles. The van der Waals surface area contributed by atoms with Crippen molar-refractivity contribution in [2.24, 2.45) is 0 Å². The van der Waals surface area contributed by atoms with E-state index in [4.69, 9.17) is 10.2 Å². The van der Waals surface area contributed by atoms with Gasteiger partial charge in [-0.1, -0.05) is 0 Å². The van der Waals surface area contributed by atoms with Crippen LogP contribution in [0, 0.1) is 0 Å². The van der Waals surface area contributed by atoms with Gasteiger partial charge >= 0.3 is 0 Å². The number of likely N-dealkylation sites (N-methyl/N-ethyl adjacent to an activating group) is 1. The molecule has 0 aliphatic rings. The number of aliphatic hydroxyl groups is 4. The Bertz CT molecular complexity index is 185. The molecule has 0 unspecified atom stereocenters. The van der Waals surface area contributed by atoms with E-state index in [9.17, 15) is 15.0 Å². The van der Waals surface area contributed by atoms with E-state index in [0.717, 1.165) is 0 Å². The average molecular weight is 207 g/mol. The molecule has 0 bridgehead atoms. The van der Waals surface area contributed by atoms with E-state index in [2.05, 4.69) is 0 Å². The lowest BCUT2D eigenvalue weighted by atomic mass is 10.0. The molecule has 0 aromatic carbocycles. The van der Waals surface area contributed by atoms with Crippen molar-refractivity contribution in [2.45, 2.75) is 18.3 Å². The van der Waals surface area contributed by atoms with Crippen LogP contribution in [0.2, 0.25) is 0 Å². The van der Waals surface area contributed by atoms with E-state index in [-0.39, 0.29) is 6.54 Å².